The SMILES string of the molecule is CCC=CC[SiH](Cl)Cl. The minimum absolute atomic E-state index is 0.900. The predicted molar refractivity (Wildman–Crippen MR) is 43.1 cm³/mol. The van der Waals surface area contributed by atoms with Crippen molar-refractivity contribution >= 4 is 29.6 Å². The van der Waals surface area contributed by atoms with Gasteiger partial charge >= 0.3 is 0 Å². The van der Waals surface area contributed by atoms with Crippen LogP contribution in [0, 0.1) is 0 Å². The maximum absolute atomic E-state index is 5.57. The van der Waals surface area contributed by atoms with Crippen LogP contribution in [0.1, 0.15) is 13.3 Å². The second kappa shape index (κ2) is 5.67. The molecule has 0 aliphatic rings. The van der Waals surface area contributed by atoms with Gasteiger partial charge in [-0.25, -0.2) is 0 Å². The van der Waals surface area contributed by atoms with Gasteiger partial charge in [0.2, 0.25) is 7.42 Å². The van der Waals surface area contributed by atoms with Crippen LogP contribution < -0.4 is 0 Å². The molecule has 0 aromatic rings. The number of allylic oxidation sites excluding steroid dienone is 2. The van der Waals surface area contributed by atoms with Crippen molar-refractivity contribution in [1.82, 2.24) is 0 Å². The molecule has 0 unspecified atom stereocenters. The van der Waals surface area contributed by atoms with Crippen molar-refractivity contribution in [2.24, 2.45) is 0 Å². The molecule has 0 radical (unpaired) electrons. The van der Waals surface area contributed by atoms with Crippen molar-refractivity contribution < 1.29 is 0 Å². The largest absolute Gasteiger partial charge is 0.240 e. The predicted octanol–water partition coefficient (Wildman–Crippen LogP) is 2.65. The van der Waals surface area contributed by atoms with Crippen molar-refractivity contribution in [1.29, 1.82) is 0 Å². The van der Waals surface area contributed by atoms with E-state index in [2.05, 4.69) is 19.1 Å². The van der Waals surface area contributed by atoms with E-state index in [4.69, 9.17) is 22.2 Å². The Morgan fingerprint density at radius 3 is 2.38 bits per heavy atom. The number of rotatable bonds is 3. The number of hydrogen-bond acceptors (Lipinski definition) is 0. The molecule has 0 saturated heterocycles. The van der Waals surface area contributed by atoms with Crippen LogP contribution in [-0.2, 0) is 0 Å². The van der Waals surface area contributed by atoms with Crippen LogP contribution in [0.4, 0.5) is 0 Å². The van der Waals surface area contributed by atoms with E-state index < -0.39 is 7.42 Å². The van der Waals surface area contributed by atoms with Gasteiger partial charge in [0, 0.05) is 0 Å². The van der Waals surface area contributed by atoms with E-state index in [1.165, 1.54) is 0 Å². The van der Waals surface area contributed by atoms with Crippen LogP contribution in [0.2, 0.25) is 6.04 Å². The van der Waals surface area contributed by atoms with Gasteiger partial charge in [0.1, 0.15) is 0 Å². The summed E-state index contributed by atoms with van der Waals surface area (Å²) in [6, 6.07) is 0.900. The average molecular weight is 169 g/mol. The van der Waals surface area contributed by atoms with Gasteiger partial charge in [-0.3, -0.25) is 0 Å². The summed E-state index contributed by atoms with van der Waals surface area (Å²) in [5.74, 6) is 0. The fourth-order valence-electron chi connectivity index (χ4n) is 0.366. The van der Waals surface area contributed by atoms with Crippen LogP contribution in [0.25, 0.3) is 0 Å². The third kappa shape index (κ3) is 6.54. The molecular formula is C5H10Cl2Si. The quantitative estimate of drug-likeness (QED) is 0.346. The molecule has 0 aromatic carbocycles. The zero-order chi connectivity index (χ0) is 6.41. The van der Waals surface area contributed by atoms with Crippen LogP contribution in [-0.4, -0.2) is 7.42 Å². The molecule has 0 nitrogen and oxygen atoms in total. The Bertz CT molecular complexity index is 70.8. The molecule has 0 N–H and O–H groups in total. The monoisotopic (exact) mass is 168 g/mol. The molecule has 0 aromatic heterocycles. The molecule has 0 amide bonds. The fourth-order valence-corrected chi connectivity index (χ4v) is 1.38. The highest BCUT2D eigenvalue weighted by Crippen LogP contribution is 2.03. The second-order valence-corrected chi connectivity index (χ2v) is 6.59. The molecular weight excluding hydrogens is 159 g/mol. The molecule has 0 atom stereocenters. The topological polar surface area (TPSA) is 0 Å². The fraction of sp³-hybridized carbons (Fsp3) is 0.600. The van der Waals surface area contributed by atoms with E-state index in [-0.39, 0.29) is 0 Å². The molecule has 0 bridgehead atoms. The van der Waals surface area contributed by atoms with E-state index in [9.17, 15) is 0 Å². The first-order valence-corrected chi connectivity index (χ1v) is 7.01. The summed E-state index contributed by atoms with van der Waals surface area (Å²) in [7, 11) is -1.34. The van der Waals surface area contributed by atoms with E-state index >= 15 is 0 Å². The first-order chi connectivity index (χ1) is 3.77. The highest BCUT2D eigenvalue weighted by Gasteiger charge is 1.94. The Morgan fingerprint density at radius 2 is 2.00 bits per heavy atom. The molecule has 0 saturated carbocycles. The lowest BCUT2D eigenvalue weighted by molar-refractivity contribution is 1.22. The lowest BCUT2D eigenvalue weighted by Gasteiger charge is -1.86. The molecule has 0 fully saturated rings. The zero-order valence-electron chi connectivity index (χ0n) is 4.90. The van der Waals surface area contributed by atoms with Gasteiger partial charge in [-0.2, -0.15) is 22.2 Å². The highest BCUT2D eigenvalue weighted by molar-refractivity contribution is 7.33. The Morgan fingerprint density at radius 1 is 1.38 bits per heavy atom. The summed E-state index contributed by atoms with van der Waals surface area (Å²) in [6.07, 6.45) is 5.22. The lowest BCUT2D eigenvalue weighted by Crippen LogP contribution is -1.85. The first-order valence-electron chi connectivity index (χ1n) is 2.70. The maximum Gasteiger partial charge on any atom is 0.240 e. The van der Waals surface area contributed by atoms with Gasteiger partial charge in [-0.1, -0.05) is 19.1 Å². The summed E-state index contributed by atoms with van der Waals surface area (Å²) in [4.78, 5) is 0. The van der Waals surface area contributed by atoms with Gasteiger partial charge in [0.05, 0.1) is 0 Å². The summed E-state index contributed by atoms with van der Waals surface area (Å²) in [5.41, 5.74) is 0. The van der Waals surface area contributed by atoms with Gasteiger partial charge in [0.25, 0.3) is 0 Å². The molecule has 0 rings (SSSR count). The molecule has 0 spiro atoms. The van der Waals surface area contributed by atoms with Crippen molar-refractivity contribution in [2.75, 3.05) is 0 Å². The normalized spacial score (nSPS) is 11.5. The van der Waals surface area contributed by atoms with Gasteiger partial charge in [-0.05, 0) is 12.5 Å². The Balaban J connectivity index is 3.03. The zero-order valence-corrected chi connectivity index (χ0v) is 7.57. The van der Waals surface area contributed by atoms with Crippen molar-refractivity contribution in [3.05, 3.63) is 12.2 Å². The summed E-state index contributed by atoms with van der Waals surface area (Å²) in [5, 5.41) is 0. The molecule has 0 aliphatic carbocycles. The van der Waals surface area contributed by atoms with E-state index in [1.807, 2.05) is 0 Å². The van der Waals surface area contributed by atoms with Crippen molar-refractivity contribution in [3.63, 3.8) is 0 Å². The van der Waals surface area contributed by atoms with Gasteiger partial charge < -0.3 is 0 Å². The highest BCUT2D eigenvalue weighted by atomic mass is 35.7. The minimum Gasteiger partial charge on any atom is -0.150 e. The standard InChI is InChI=1S/C5H10Cl2Si/c1-2-3-4-5-8(6)7/h3-4,8H,2,5H2,1H3. The lowest BCUT2D eigenvalue weighted by atomic mass is 10.4. The molecule has 0 aliphatic heterocycles. The minimum atomic E-state index is -1.34. The van der Waals surface area contributed by atoms with Crippen LogP contribution in [0.3, 0.4) is 0 Å². The van der Waals surface area contributed by atoms with Crippen molar-refractivity contribution in [3.8, 4) is 0 Å². The number of hydrogen-bond donors (Lipinski definition) is 0. The summed E-state index contributed by atoms with van der Waals surface area (Å²) < 4.78 is 0. The molecule has 48 valence electrons. The third-order valence-electron chi connectivity index (χ3n) is 0.717. The molecule has 8 heavy (non-hydrogen) atoms. The average Bonchev–Trinajstić information content (AvgIpc) is 1.66. The van der Waals surface area contributed by atoms with Crippen LogP contribution in [0.5, 0.6) is 0 Å². The Kier molecular flexibility index (Phi) is 6.05. The van der Waals surface area contributed by atoms with Gasteiger partial charge in [-0.15, -0.1) is 0 Å². The third-order valence-corrected chi connectivity index (χ3v) is 2.41. The summed E-state index contributed by atoms with van der Waals surface area (Å²) in [6.45, 7) is 2.09. The Labute approximate surface area is 61.5 Å². The molecule has 0 heterocycles. The smallest absolute Gasteiger partial charge is 0.150 e. The Hall–Kier alpha value is 0.537. The van der Waals surface area contributed by atoms with E-state index in [1.54, 1.807) is 0 Å². The van der Waals surface area contributed by atoms with Crippen LogP contribution >= 0.6 is 22.2 Å². The van der Waals surface area contributed by atoms with Crippen molar-refractivity contribution in [2.45, 2.75) is 19.4 Å². The second-order valence-electron chi connectivity index (χ2n) is 1.51. The number of halogens is 2. The molecule has 3 heteroatoms. The van der Waals surface area contributed by atoms with Gasteiger partial charge in [0.15, 0.2) is 0 Å². The maximum atomic E-state index is 5.57. The first kappa shape index (κ1) is 8.54. The van der Waals surface area contributed by atoms with Crippen LogP contribution in [0.15, 0.2) is 12.2 Å². The summed E-state index contributed by atoms with van der Waals surface area (Å²) >= 11 is 11.1. The van der Waals surface area contributed by atoms with E-state index in [0.29, 0.717) is 0 Å². The van der Waals surface area contributed by atoms with E-state index in [0.717, 1.165) is 12.5 Å².